The van der Waals surface area contributed by atoms with Crippen molar-refractivity contribution in [3.05, 3.63) is 65.1 Å². The lowest BCUT2D eigenvalue weighted by Crippen LogP contribution is -2.13. The van der Waals surface area contributed by atoms with Crippen LogP contribution in [0.15, 0.2) is 63.8 Å². The Bertz CT molecular complexity index is 775. The monoisotopic (exact) mass is 284 g/mol. The van der Waals surface area contributed by atoms with Crippen LogP contribution in [0.5, 0.6) is 17.6 Å². The Morgan fingerprint density at radius 1 is 1.00 bits per heavy atom. The summed E-state index contributed by atoms with van der Waals surface area (Å²) in [5.74, 6) is 0.614. The summed E-state index contributed by atoms with van der Waals surface area (Å²) in [6, 6.07) is 15.8. The van der Waals surface area contributed by atoms with Crippen molar-refractivity contribution in [1.29, 1.82) is 0 Å². The van der Waals surface area contributed by atoms with Crippen molar-refractivity contribution in [2.24, 2.45) is 0 Å². The van der Waals surface area contributed by atoms with Gasteiger partial charge < -0.3 is 13.9 Å². The van der Waals surface area contributed by atoms with E-state index in [1.54, 1.807) is 43.5 Å². The molecule has 6 heteroatoms. The van der Waals surface area contributed by atoms with Crippen LogP contribution >= 0.6 is 0 Å². The average Bonchev–Trinajstić information content (AvgIpc) is 2.89. The van der Waals surface area contributed by atoms with Crippen LogP contribution in [0.4, 0.5) is 0 Å². The minimum absolute atomic E-state index is 0.109. The smallest absolute Gasteiger partial charge is 0.444 e. The Morgan fingerprint density at radius 2 is 1.71 bits per heavy atom. The summed E-state index contributed by atoms with van der Waals surface area (Å²) in [4.78, 5) is 11.8. The SMILES string of the molecule is COc1ccc(-n2nc(Oc3ccccc3)oc2=O)cc1. The molecule has 0 saturated heterocycles. The number of methoxy groups -OCH3 is 1. The topological polar surface area (TPSA) is 66.5 Å². The third-order valence-corrected chi connectivity index (χ3v) is 2.79. The molecule has 0 amide bonds. The molecule has 6 nitrogen and oxygen atoms in total. The summed E-state index contributed by atoms with van der Waals surface area (Å²) >= 11 is 0. The lowest BCUT2D eigenvalue weighted by atomic mass is 10.3. The summed E-state index contributed by atoms with van der Waals surface area (Å²) in [6.07, 6.45) is -0.109. The second kappa shape index (κ2) is 5.54. The fraction of sp³-hybridized carbons (Fsp3) is 0.0667. The Hall–Kier alpha value is -3.02. The number of para-hydroxylation sites is 1. The van der Waals surface area contributed by atoms with Gasteiger partial charge in [-0.25, -0.2) is 4.79 Å². The zero-order chi connectivity index (χ0) is 14.7. The van der Waals surface area contributed by atoms with Crippen LogP contribution in [0.2, 0.25) is 0 Å². The van der Waals surface area contributed by atoms with Crippen molar-refractivity contribution < 1.29 is 13.9 Å². The van der Waals surface area contributed by atoms with E-state index in [1.165, 1.54) is 0 Å². The Balaban J connectivity index is 1.88. The first kappa shape index (κ1) is 13.0. The van der Waals surface area contributed by atoms with E-state index in [0.717, 1.165) is 4.68 Å². The Kier molecular flexibility index (Phi) is 3.42. The lowest BCUT2D eigenvalue weighted by Gasteiger charge is -2.01. The number of hydrogen-bond acceptors (Lipinski definition) is 5. The van der Waals surface area contributed by atoms with Gasteiger partial charge in [-0.3, -0.25) is 0 Å². The van der Waals surface area contributed by atoms with Gasteiger partial charge in [-0.15, -0.1) is 0 Å². The molecule has 21 heavy (non-hydrogen) atoms. The van der Waals surface area contributed by atoms with Crippen LogP contribution in [0.1, 0.15) is 0 Å². The van der Waals surface area contributed by atoms with Crippen LogP contribution in [0, 0.1) is 0 Å². The first-order valence-electron chi connectivity index (χ1n) is 6.24. The molecule has 3 aromatic rings. The maximum absolute atomic E-state index is 11.8. The highest BCUT2D eigenvalue weighted by molar-refractivity contribution is 5.36. The molecule has 0 aliphatic heterocycles. The minimum Gasteiger partial charge on any atom is -0.497 e. The number of hydrogen-bond donors (Lipinski definition) is 0. The van der Waals surface area contributed by atoms with E-state index in [0.29, 0.717) is 17.2 Å². The fourth-order valence-electron chi connectivity index (χ4n) is 1.78. The first-order valence-corrected chi connectivity index (χ1v) is 6.24. The van der Waals surface area contributed by atoms with Gasteiger partial charge in [0.05, 0.1) is 12.8 Å². The van der Waals surface area contributed by atoms with Gasteiger partial charge in [0.2, 0.25) is 0 Å². The zero-order valence-electron chi connectivity index (χ0n) is 11.2. The minimum atomic E-state index is -0.619. The van der Waals surface area contributed by atoms with Crippen LogP contribution in [0.3, 0.4) is 0 Å². The average molecular weight is 284 g/mol. The van der Waals surface area contributed by atoms with Crippen molar-refractivity contribution in [2.45, 2.75) is 0 Å². The molecule has 0 unspecified atom stereocenters. The number of benzene rings is 2. The quantitative estimate of drug-likeness (QED) is 0.736. The summed E-state index contributed by atoms with van der Waals surface area (Å²) in [7, 11) is 1.57. The van der Waals surface area contributed by atoms with Crippen LogP contribution < -0.4 is 15.2 Å². The van der Waals surface area contributed by atoms with Crippen LogP contribution in [-0.2, 0) is 0 Å². The van der Waals surface area contributed by atoms with E-state index in [2.05, 4.69) is 5.10 Å². The van der Waals surface area contributed by atoms with Gasteiger partial charge in [-0.1, -0.05) is 23.3 Å². The number of rotatable bonds is 4. The summed E-state index contributed by atoms with van der Waals surface area (Å²) in [6.45, 7) is 0. The van der Waals surface area contributed by atoms with Crippen molar-refractivity contribution in [2.75, 3.05) is 7.11 Å². The summed E-state index contributed by atoms with van der Waals surface area (Å²) < 4.78 is 16.5. The molecule has 2 aromatic carbocycles. The molecule has 0 bridgehead atoms. The lowest BCUT2D eigenvalue weighted by molar-refractivity contribution is 0.320. The maximum Gasteiger partial charge on any atom is 0.444 e. The number of aromatic nitrogens is 2. The Morgan fingerprint density at radius 3 is 2.38 bits per heavy atom. The van der Waals surface area contributed by atoms with Gasteiger partial charge in [0.25, 0.3) is 0 Å². The van der Waals surface area contributed by atoms with E-state index >= 15 is 0 Å². The number of nitrogens with zero attached hydrogens (tertiary/aromatic N) is 2. The van der Waals surface area contributed by atoms with Gasteiger partial charge in [0.1, 0.15) is 11.5 Å². The third kappa shape index (κ3) is 2.79. The highest BCUT2D eigenvalue weighted by Crippen LogP contribution is 2.19. The predicted molar refractivity (Wildman–Crippen MR) is 75.2 cm³/mol. The molecule has 0 spiro atoms. The molecule has 0 atom stereocenters. The standard InChI is InChI=1S/C15H12N2O4/c1-19-12-9-7-11(8-10-12)17-15(18)21-14(16-17)20-13-5-3-2-4-6-13/h2-10H,1H3. The molecule has 0 aliphatic carbocycles. The Labute approximate surface area is 120 Å². The van der Waals surface area contributed by atoms with Crippen molar-refractivity contribution in [1.82, 2.24) is 9.78 Å². The van der Waals surface area contributed by atoms with Crippen molar-refractivity contribution in [3.63, 3.8) is 0 Å². The van der Waals surface area contributed by atoms with Crippen LogP contribution in [0.25, 0.3) is 5.69 Å². The third-order valence-electron chi connectivity index (χ3n) is 2.79. The van der Waals surface area contributed by atoms with Gasteiger partial charge >= 0.3 is 11.8 Å². The summed E-state index contributed by atoms with van der Waals surface area (Å²) in [5, 5.41) is 4.01. The molecule has 3 rings (SSSR count). The molecule has 0 radical (unpaired) electrons. The van der Waals surface area contributed by atoms with Gasteiger partial charge in [-0.2, -0.15) is 4.68 Å². The van der Waals surface area contributed by atoms with Crippen molar-refractivity contribution >= 4 is 0 Å². The fourth-order valence-corrected chi connectivity index (χ4v) is 1.78. The molecular formula is C15H12N2O4. The van der Waals surface area contributed by atoms with E-state index < -0.39 is 5.76 Å². The second-order valence-corrected chi connectivity index (χ2v) is 4.16. The summed E-state index contributed by atoms with van der Waals surface area (Å²) in [5.41, 5.74) is 0.562. The normalized spacial score (nSPS) is 10.3. The van der Waals surface area contributed by atoms with E-state index in [1.807, 2.05) is 18.2 Å². The predicted octanol–water partition coefficient (Wildman–Crippen LogP) is 2.63. The van der Waals surface area contributed by atoms with Gasteiger partial charge in [-0.05, 0) is 36.4 Å². The molecule has 1 heterocycles. The number of ether oxygens (including phenoxy) is 2. The largest absolute Gasteiger partial charge is 0.497 e. The van der Waals surface area contributed by atoms with E-state index in [4.69, 9.17) is 13.9 Å². The van der Waals surface area contributed by atoms with E-state index in [-0.39, 0.29) is 6.08 Å². The molecule has 0 fully saturated rings. The molecule has 1 aromatic heterocycles. The van der Waals surface area contributed by atoms with Gasteiger partial charge in [0, 0.05) is 0 Å². The molecule has 0 N–H and O–H groups in total. The first-order chi connectivity index (χ1) is 10.3. The van der Waals surface area contributed by atoms with E-state index in [9.17, 15) is 4.79 Å². The highest BCUT2D eigenvalue weighted by Gasteiger charge is 2.11. The molecule has 0 saturated carbocycles. The molecule has 106 valence electrons. The van der Waals surface area contributed by atoms with Crippen LogP contribution in [-0.4, -0.2) is 16.9 Å². The van der Waals surface area contributed by atoms with Gasteiger partial charge in [0.15, 0.2) is 0 Å². The molecular weight excluding hydrogens is 272 g/mol. The second-order valence-electron chi connectivity index (χ2n) is 4.16. The molecule has 0 aliphatic rings. The zero-order valence-corrected chi connectivity index (χ0v) is 11.2. The maximum atomic E-state index is 11.8. The highest BCUT2D eigenvalue weighted by atomic mass is 16.6. The van der Waals surface area contributed by atoms with Crippen molar-refractivity contribution in [3.8, 4) is 23.3 Å².